The van der Waals surface area contributed by atoms with Crippen LogP contribution in [-0.2, 0) is 17.9 Å². The van der Waals surface area contributed by atoms with Gasteiger partial charge in [-0.2, -0.15) is 13.2 Å². The molecular formula is C19H29F3N4O. The van der Waals surface area contributed by atoms with Gasteiger partial charge in [0, 0.05) is 39.8 Å². The second kappa shape index (κ2) is 9.94. The van der Waals surface area contributed by atoms with Crippen LogP contribution in [0.5, 0.6) is 0 Å². The Bertz CT molecular complexity index is 613. The molecular weight excluding hydrogens is 357 g/mol. The molecule has 1 heterocycles. The van der Waals surface area contributed by atoms with Crippen LogP contribution >= 0.6 is 0 Å². The van der Waals surface area contributed by atoms with Crippen molar-refractivity contribution in [2.24, 2.45) is 4.99 Å². The molecule has 1 atom stereocenters. The van der Waals surface area contributed by atoms with E-state index in [4.69, 9.17) is 4.74 Å². The molecule has 0 saturated carbocycles. The van der Waals surface area contributed by atoms with Crippen LogP contribution in [0.4, 0.5) is 13.2 Å². The lowest BCUT2D eigenvalue weighted by molar-refractivity contribution is -0.181. The molecule has 0 radical (unpaired) electrons. The third-order valence-corrected chi connectivity index (χ3v) is 4.68. The van der Waals surface area contributed by atoms with Gasteiger partial charge in [-0.15, -0.1) is 0 Å². The Labute approximate surface area is 159 Å². The number of halogens is 3. The van der Waals surface area contributed by atoms with Gasteiger partial charge in [0.25, 0.3) is 0 Å². The summed E-state index contributed by atoms with van der Waals surface area (Å²) in [5.74, 6) is 0.744. The van der Waals surface area contributed by atoms with Crippen molar-refractivity contribution in [3.8, 4) is 0 Å². The summed E-state index contributed by atoms with van der Waals surface area (Å²) in [6.07, 6.45) is -4.19. The number of guanidine groups is 1. The topological polar surface area (TPSA) is 40.1 Å². The van der Waals surface area contributed by atoms with Crippen molar-refractivity contribution in [2.75, 3.05) is 39.8 Å². The van der Waals surface area contributed by atoms with Gasteiger partial charge in [-0.25, -0.2) is 4.99 Å². The molecule has 1 N–H and O–H groups in total. The van der Waals surface area contributed by atoms with Crippen LogP contribution in [0.3, 0.4) is 0 Å². The highest BCUT2D eigenvalue weighted by Crippen LogP contribution is 2.25. The first-order valence-electron chi connectivity index (χ1n) is 9.26. The second-order valence-electron chi connectivity index (χ2n) is 6.66. The fraction of sp³-hybridized carbons (Fsp3) is 0.632. The summed E-state index contributed by atoms with van der Waals surface area (Å²) in [5, 5.41) is 3.25. The van der Waals surface area contributed by atoms with Gasteiger partial charge in [0.2, 0.25) is 0 Å². The maximum absolute atomic E-state index is 12.9. The van der Waals surface area contributed by atoms with Crippen molar-refractivity contribution in [1.29, 1.82) is 0 Å². The van der Waals surface area contributed by atoms with Crippen LogP contribution in [-0.4, -0.2) is 67.8 Å². The van der Waals surface area contributed by atoms with E-state index in [1.54, 1.807) is 7.11 Å². The zero-order chi connectivity index (χ0) is 19.9. The first-order chi connectivity index (χ1) is 12.8. The van der Waals surface area contributed by atoms with Gasteiger partial charge in [0.15, 0.2) is 5.96 Å². The zero-order valence-electron chi connectivity index (χ0n) is 16.2. The molecule has 2 rings (SSSR count). The highest BCUT2D eigenvalue weighted by atomic mass is 19.4. The number of nitrogens with zero attached hydrogens (tertiary/aromatic N) is 3. The largest absolute Gasteiger partial charge is 0.403 e. The lowest BCUT2D eigenvalue weighted by Crippen LogP contribution is -2.56. The SMILES string of the molecule is CCNC(=NCc1cccc(COC)c1)N1CCN(C(C)C(F)(F)F)CC1. The Morgan fingerprint density at radius 3 is 2.48 bits per heavy atom. The number of methoxy groups -OCH3 is 1. The van der Waals surface area contributed by atoms with Crippen LogP contribution in [0.15, 0.2) is 29.3 Å². The molecule has 0 spiro atoms. The van der Waals surface area contributed by atoms with Gasteiger partial charge in [-0.1, -0.05) is 24.3 Å². The molecule has 1 fully saturated rings. The fourth-order valence-corrected chi connectivity index (χ4v) is 3.10. The minimum absolute atomic E-state index is 0.369. The molecule has 5 nitrogen and oxygen atoms in total. The Morgan fingerprint density at radius 1 is 1.22 bits per heavy atom. The Morgan fingerprint density at radius 2 is 1.89 bits per heavy atom. The van der Waals surface area contributed by atoms with Gasteiger partial charge in [-0.3, -0.25) is 4.90 Å². The van der Waals surface area contributed by atoms with Crippen molar-refractivity contribution >= 4 is 5.96 Å². The van der Waals surface area contributed by atoms with E-state index in [1.165, 1.54) is 11.8 Å². The number of benzene rings is 1. The van der Waals surface area contributed by atoms with Crippen molar-refractivity contribution in [3.63, 3.8) is 0 Å². The Balaban J connectivity index is 1.99. The number of alkyl halides is 3. The molecule has 1 unspecified atom stereocenters. The van der Waals surface area contributed by atoms with E-state index in [-0.39, 0.29) is 0 Å². The monoisotopic (exact) mass is 386 g/mol. The number of aliphatic imine (C=N–C) groups is 1. The number of nitrogens with one attached hydrogen (secondary N) is 1. The molecule has 1 aromatic rings. The summed E-state index contributed by atoms with van der Waals surface area (Å²) < 4.78 is 43.9. The molecule has 1 aromatic carbocycles. The van der Waals surface area contributed by atoms with Crippen LogP contribution in [0.1, 0.15) is 25.0 Å². The summed E-state index contributed by atoms with van der Waals surface area (Å²) >= 11 is 0. The standard InChI is InChI=1S/C19H29F3N4O/c1-4-23-18(24-13-16-6-5-7-17(12-16)14-27-3)26-10-8-25(9-11-26)15(2)19(20,21)22/h5-7,12,15H,4,8-11,13-14H2,1-3H3,(H,23,24). The predicted octanol–water partition coefficient (Wildman–Crippen LogP) is 2.87. The molecule has 0 amide bonds. The van der Waals surface area contributed by atoms with Crippen molar-refractivity contribution in [3.05, 3.63) is 35.4 Å². The van der Waals surface area contributed by atoms with E-state index < -0.39 is 12.2 Å². The van der Waals surface area contributed by atoms with Gasteiger partial charge in [0.05, 0.1) is 13.2 Å². The minimum atomic E-state index is -4.19. The van der Waals surface area contributed by atoms with Gasteiger partial charge < -0.3 is 15.0 Å². The minimum Gasteiger partial charge on any atom is -0.380 e. The highest BCUT2D eigenvalue weighted by molar-refractivity contribution is 5.80. The number of hydrogen-bond acceptors (Lipinski definition) is 3. The van der Waals surface area contributed by atoms with Gasteiger partial charge in [0.1, 0.15) is 6.04 Å². The number of piperazine rings is 1. The first-order valence-corrected chi connectivity index (χ1v) is 9.26. The summed E-state index contributed by atoms with van der Waals surface area (Å²) in [6.45, 7) is 6.77. The van der Waals surface area contributed by atoms with Crippen molar-refractivity contribution < 1.29 is 17.9 Å². The highest BCUT2D eigenvalue weighted by Gasteiger charge is 2.41. The molecule has 1 aliphatic rings. The lowest BCUT2D eigenvalue weighted by Gasteiger charge is -2.39. The van der Waals surface area contributed by atoms with E-state index in [0.717, 1.165) is 17.1 Å². The zero-order valence-corrected chi connectivity index (χ0v) is 16.2. The maximum Gasteiger partial charge on any atom is 0.403 e. The normalized spacial score (nSPS) is 17.9. The second-order valence-corrected chi connectivity index (χ2v) is 6.66. The molecule has 152 valence electrons. The lowest BCUT2D eigenvalue weighted by atomic mass is 10.1. The van der Waals surface area contributed by atoms with Crippen molar-refractivity contribution in [1.82, 2.24) is 15.1 Å². The van der Waals surface area contributed by atoms with Crippen LogP contribution in [0.2, 0.25) is 0 Å². The molecule has 0 aliphatic carbocycles. The van der Waals surface area contributed by atoms with E-state index in [0.29, 0.717) is 45.9 Å². The molecule has 1 aliphatic heterocycles. The fourth-order valence-electron chi connectivity index (χ4n) is 3.10. The number of ether oxygens (including phenoxy) is 1. The van der Waals surface area contributed by atoms with Crippen LogP contribution in [0, 0.1) is 0 Å². The van der Waals surface area contributed by atoms with Crippen molar-refractivity contribution in [2.45, 2.75) is 39.2 Å². The van der Waals surface area contributed by atoms with E-state index in [1.807, 2.05) is 30.0 Å². The Kier molecular flexibility index (Phi) is 7.91. The van der Waals surface area contributed by atoms with Gasteiger partial charge >= 0.3 is 6.18 Å². The number of rotatable bonds is 6. The summed E-state index contributed by atoms with van der Waals surface area (Å²) in [6, 6.07) is 6.63. The average Bonchev–Trinajstić information content (AvgIpc) is 2.64. The average molecular weight is 386 g/mol. The first kappa shape index (κ1) is 21.5. The third-order valence-electron chi connectivity index (χ3n) is 4.68. The Hall–Kier alpha value is -1.80. The molecule has 8 heteroatoms. The molecule has 27 heavy (non-hydrogen) atoms. The quantitative estimate of drug-likeness (QED) is 0.603. The summed E-state index contributed by atoms with van der Waals surface area (Å²) in [4.78, 5) is 8.19. The third kappa shape index (κ3) is 6.39. The van der Waals surface area contributed by atoms with Crippen LogP contribution in [0.25, 0.3) is 0 Å². The summed E-state index contributed by atoms with van der Waals surface area (Å²) in [7, 11) is 1.66. The van der Waals surface area contributed by atoms with E-state index >= 15 is 0 Å². The van der Waals surface area contributed by atoms with Crippen LogP contribution < -0.4 is 5.32 Å². The molecule has 0 bridgehead atoms. The molecule has 1 saturated heterocycles. The summed E-state index contributed by atoms with van der Waals surface area (Å²) in [5.41, 5.74) is 2.16. The van der Waals surface area contributed by atoms with E-state index in [2.05, 4.69) is 16.4 Å². The number of hydrogen-bond donors (Lipinski definition) is 1. The van der Waals surface area contributed by atoms with E-state index in [9.17, 15) is 13.2 Å². The predicted molar refractivity (Wildman–Crippen MR) is 101 cm³/mol. The molecule has 0 aromatic heterocycles. The maximum atomic E-state index is 12.9. The van der Waals surface area contributed by atoms with Gasteiger partial charge in [-0.05, 0) is 25.0 Å². The smallest absolute Gasteiger partial charge is 0.380 e.